The van der Waals surface area contributed by atoms with Crippen molar-refractivity contribution in [3.8, 4) is 0 Å². The van der Waals surface area contributed by atoms with Gasteiger partial charge in [-0.15, -0.1) is 11.8 Å². The molecule has 0 fully saturated rings. The lowest BCUT2D eigenvalue weighted by molar-refractivity contribution is -0.384. The van der Waals surface area contributed by atoms with Crippen molar-refractivity contribution >= 4 is 29.3 Å². The molecule has 3 aromatic carbocycles. The summed E-state index contributed by atoms with van der Waals surface area (Å²) in [5, 5.41) is 13.9. The second kappa shape index (κ2) is 13.6. The summed E-state index contributed by atoms with van der Waals surface area (Å²) < 4.78 is 0. The number of hydrogen-bond donors (Lipinski definition) is 1. The third-order valence-electron chi connectivity index (χ3n) is 5.82. The number of benzene rings is 3. The van der Waals surface area contributed by atoms with Crippen LogP contribution in [0.25, 0.3) is 0 Å². The predicted molar refractivity (Wildman–Crippen MR) is 148 cm³/mol. The number of nitrogens with one attached hydrogen (secondary N) is 1. The van der Waals surface area contributed by atoms with Gasteiger partial charge in [-0.1, -0.05) is 72.3 Å². The Morgan fingerprint density at radius 1 is 0.919 bits per heavy atom. The van der Waals surface area contributed by atoms with E-state index in [4.69, 9.17) is 0 Å². The Labute approximate surface area is 222 Å². The second-order valence-corrected chi connectivity index (χ2v) is 10.3. The molecular weight excluding hydrogens is 486 g/mol. The standard InChI is InChI=1S/C29H33N3O4S/c1-21(2)30-29(34)27(17-23-7-5-4-6-8-23)31(18-24-11-9-22(3)10-12-24)28(33)20-37-19-25-13-15-26(16-14-25)32(35)36/h4-16,21,27H,17-20H2,1-3H3,(H,30,34)/t27-/m0/s1. The van der Waals surface area contributed by atoms with E-state index in [0.29, 0.717) is 18.7 Å². The van der Waals surface area contributed by atoms with Crippen LogP contribution in [0, 0.1) is 17.0 Å². The van der Waals surface area contributed by atoms with E-state index in [1.165, 1.54) is 23.9 Å². The van der Waals surface area contributed by atoms with Gasteiger partial charge in [0.2, 0.25) is 11.8 Å². The van der Waals surface area contributed by atoms with Gasteiger partial charge < -0.3 is 10.2 Å². The Hall–Kier alpha value is -3.65. The maximum Gasteiger partial charge on any atom is 0.269 e. The minimum atomic E-state index is -0.668. The molecule has 0 unspecified atom stereocenters. The zero-order valence-electron chi connectivity index (χ0n) is 21.4. The first-order chi connectivity index (χ1) is 17.7. The van der Waals surface area contributed by atoms with E-state index < -0.39 is 11.0 Å². The quantitative estimate of drug-likeness (QED) is 0.259. The average Bonchev–Trinajstić information content (AvgIpc) is 2.87. The topological polar surface area (TPSA) is 92.6 Å². The summed E-state index contributed by atoms with van der Waals surface area (Å²) in [5.41, 5.74) is 3.99. The summed E-state index contributed by atoms with van der Waals surface area (Å²) in [7, 11) is 0. The minimum Gasteiger partial charge on any atom is -0.352 e. The Morgan fingerprint density at radius 2 is 1.54 bits per heavy atom. The van der Waals surface area contributed by atoms with Gasteiger partial charge in [0, 0.05) is 36.9 Å². The van der Waals surface area contributed by atoms with Crippen LogP contribution in [0.3, 0.4) is 0 Å². The normalized spacial score (nSPS) is 11.7. The van der Waals surface area contributed by atoms with Gasteiger partial charge >= 0.3 is 0 Å². The Bertz CT molecular complexity index is 1180. The fraction of sp³-hybridized carbons (Fsp3) is 0.310. The van der Waals surface area contributed by atoms with E-state index in [-0.39, 0.29) is 29.3 Å². The molecule has 0 aromatic heterocycles. The maximum atomic E-state index is 13.6. The lowest BCUT2D eigenvalue weighted by atomic mass is 10.0. The van der Waals surface area contributed by atoms with Crippen molar-refractivity contribution in [3.05, 3.63) is 111 Å². The van der Waals surface area contributed by atoms with Crippen LogP contribution in [0.5, 0.6) is 0 Å². The zero-order chi connectivity index (χ0) is 26.8. The SMILES string of the molecule is Cc1ccc(CN(C(=O)CSCc2ccc([N+](=O)[O-])cc2)[C@@H](Cc2ccccc2)C(=O)NC(C)C)cc1. The van der Waals surface area contributed by atoms with Crippen LogP contribution in [0.15, 0.2) is 78.9 Å². The van der Waals surface area contributed by atoms with Crippen LogP contribution >= 0.6 is 11.8 Å². The van der Waals surface area contributed by atoms with E-state index in [2.05, 4.69) is 5.32 Å². The average molecular weight is 520 g/mol. The summed E-state index contributed by atoms with van der Waals surface area (Å²) in [4.78, 5) is 39.1. The molecule has 1 N–H and O–H groups in total. The van der Waals surface area contributed by atoms with E-state index in [1.807, 2.05) is 75.4 Å². The van der Waals surface area contributed by atoms with Gasteiger partial charge in [0.25, 0.3) is 5.69 Å². The number of non-ortho nitro benzene ring substituents is 1. The number of thioether (sulfide) groups is 1. The molecule has 0 saturated carbocycles. The highest BCUT2D eigenvalue weighted by atomic mass is 32.2. The van der Waals surface area contributed by atoms with Gasteiger partial charge in [0.15, 0.2) is 0 Å². The van der Waals surface area contributed by atoms with E-state index in [1.54, 1.807) is 17.0 Å². The molecule has 3 rings (SSSR count). The number of carbonyl (C=O) groups excluding carboxylic acids is 2. The highest BCUT2D eigenvalue weighted by Gasteiger charge is 2.30. The van der Waals surface area contributed by atoms with Gasteiger partial charge in [-0.25, -0.2) is 0 Å². The number of nitro groups is 1. The van der Waals surface area contributed by atoms with Gasteiger partial charge in [-0.3, -0.25) is 19.7 Å². The molecule has 0 aliphatic heterocycles. The summed E-state index contributed by atoms with van der Waals surface area (Å²) >= 11 is 1.43. The predicted octanol–water partition coefficient (Wildman–Crippen LogP) is 5.30. The first-order valence-corrected chi connectivity index (χ1v) is 13.4. The van der Waals surface area contributed by atoms with E-state index in [9.17, 15) is 19.7 Å². The van der Waals surface area contributed by atoms with Crippen LogP contribution in [0.4, 0.5) is 5.69 Å². The number of nitro benzene ring substituents is 1. The van der Waals surface area contributed by atoms with Crippen LogP contribution in [-0.4, -0.2) is 39.5 Å². The fourth-order valence-electron chi connectivity index (χ4n) is 3.88. The maximum absolute atomic E-state index is 13.6. The largest absolute Gasteiger partial charge is 0.352 e. The van der Waals surface area contributed by atoms with Crippen molar-refractivity contribution < 1.29 is 14.5 Å². The number of carbonyl (C=O) groups is 2. The first kappa shape index (κ1) is 27.9. The molecule has 0 spiro atoms. The fourth-order valence-corrected chi connectivity index (χ4v) is 4.75. The van der Waals surface area contributed by atoms with Crippen LogP contribution in [-0.2, 0) is 28.3 Å². The van der Waals surface area contributed by atoms with Crippen LogP contribution < -0.4 is 5.32 Å². The Kier molecular flexibility index (Phi) is 10.3. The molecule has 194 valence electrons. The molecule has 0 bridgehead atoms. The van der Waals surface area contributed by atoms with Gasteiger partial charge in [0.1, 0.15) is 6.04 Å². The van der Waals surface area contributed by atoms with Gasteiger partial charge in [-0.05, 0) is 37.5 Å². The Balaban J connectivity index is 1.81. The summed E-state index contributed by atoms with van der Waals surface area (Å²) in [5.74, 6) is 0.402. The number of amides is 2. The molecule has 0 aliphatic rings. The molecule has 0 saturated heterocycles. The lowest BCUT2D eigenvalue weighted by Crippen LogP contribution is -2.52. The molecule has 0 radical (unpaired) electrons. The van der Waals surface area contributed by atoms with Crippen molar-refractivity contribution in [1.29, 1.82) is 0 Å². The van der Waals surface area contributed by atoms with Crippen LogP contribution in [0.1, 0.15) is 36.1 Å². The van der Waals surface area contributed by atoms with Crippen molar-refractivity contribution in [2.45, 2.75) is 51.6 Å². The number of hydrogen-bond acceptors (Lipinski definition) is 5. The number of nitrogens with zero attached hydrogens (tertiary/aromatic N) is 2. The molecule has 2 amide bonds. The van der Waals surface area contributed by atoms with Crippen molar-refractivity contribution in [1.82, 2.24) is 10.2 Å². The third-order valence-corrected chi connectivity index (χ3v) is 6.81. The van der Waals surface area contributed by atoms with E-state index >= 15 is 0 Å². The highest BCUT2D eigenvalue weighted by molar-refractivity contribution is 7.99. The van der Waals surface area contributed by atoms with Gasteiger partial charge in [0.05, 0.1) is 10.7 Å². The number of aryl methyl sites for hydroxylation is 1. The van der Waals surface area contributed by atoms with Crippen molar-refractivity contribution in [2.75, 3.05) is 5.75 Å². The van der Waals surface area contributed by atoms with Gasteiger partial charge in [-0.2, -0.15) is 0 Å². The monoisotopic (exact) mass is 519 g/mol. The second-order valence-electron chi connectivity index (χ2n) is 9.29. The zero-order valence-corrected chi connectivity index (χ0v) is 22.2. The van der Waals surface area contributed by atoms with E-state index in [0.717, 1.165) is 22.3 Å². The summed E-state index contributed by atoms with van der Waals surface area (Å²) in [6.07, 6.45) is 0.407. The molecule has 37 heavy (non-hydrogen) atoms. The molecule has 7 nitrogen and oxygen atoms in total. The molecule has 3 aromatic rings. The lowest BCUT2D eigenvalue weighted by Gasteiger charge is -2.32. The molecule has 0 heterocycles. The van der Waals surface area contributed by atoms with Crippen molar-refractivity contribution in [2.24, 2.45) is 0 Å². The molecular formula is C29H33N3O4S. The number of rotatable bonds is 12. The minimum absolute atomic E-state index is 0.0361. The first-order valence-electron chi connectivity index (χ1n) is 12.2. The Morgan fingerprint density at radius 3 is 2.14 bits per heavy atom. The molecule has 1 atom stereocenters. The third kappa shape index (κ3) is 8.75. The van der Waals surface area contributed by atoms with Crippen molar-refractivity contribution in [3.63, 3.8) is 0 Å². The van der Waals surface area contributed by atoms with Crippen LogP contribution in [0.2, 0.25) is 0 Å². The summed E-state index contributed by atoms with van der Waals surface area (Å²) in [6.45, 7) is 6.14. The summed E-state index contributed by atoms with van der Waals surface area (Å²) in [6, 6.07) is 23.3. The molecule has 8 heteroatoms. The smallest absolute Gasteiger partial charge is 0.269 e. The highest BCUT2D eigenvalue weighted by Crippen LogP contribution is 2.20. The molecule has 0 aliphatic carbocycles.